The summed E-state index contributed by atoms with van der Waals surface area (Å²) in [5.74, 6) is 0.666. The largest absolute Gasteiger partial charge is 0.379 e. The maximum Gasteiger partial charge on any atom is 0.0648 e. The van der Waals surface area contributed by atoms with Gasteiger partial charge in [-0.1, -0.05) is 18.2 Å². The van der Waals surface area contributed by atoms with Gasteiger partial charge < -0.3 is 4.74 Å². The predicted octanol–water partition coefficient (Wildman–Crippen LogP) is 3.01. The minimum absolute atomic E-state index is 0.666. The van der Waals surface area contributed by atoms with E-state index in [9.17, 15) is 0 Å². The Labute approximate surface area is 138 Å². The first-order chi connectivity index (χ1) is 11.4. The second-order valence-electron chi connectivity index (χ2n) is 6.63. The summed E-state index contributed by atoms with van der Waals surface area (Å²) < 4.78 is 7.59. The molecule has 0 spiro atoms. The quantitative estimate of drug-likeness (QED) is 0.869. The van der Waals surface area contributed by atoms with Crippen LogP contribution in [0.25, 0.3) is 5.69 Å². The molecule has 1 aromatic heterocycles. The summed E-state index contributed by atoms with van der Waals surface area (Å²) in [6.45, 7) is 5.14. The normalized spacial score (nSPS) is 22.0. The van der Waals surface area contributed by atoms with Gasteiger partial charge in [-0.05, 0) is 55.8 Å². The Morgan fingerprint density at radius 3 is 2.78 bits per heavy atom. The van der Waals surface area contributed by atoms with Crippen molar-refractivity contribution < 1.29 is 4.74 Å². The molecule has 0 saturated carbocycles. The monoisotopic (exact) mass is 311 g/mol. The van der Waals surface area contributed by atoms with Crippen molar-refractivity contribution in [1.29, 1.82) is 0 Å². The van der Waals surface area contributed by atoms with Crippen LogP contribution < -0.4 is 0 Å². The lowest BCUT2D eigenvalue weighted by Gasteiger charge is -2.29. The molecule has 4 rings (SSSR count). The van der Waals surface area contributed by atoms with E-state index in [2.05, 4.69) is 46.1 Å². The molecule has 1 aromatic carbocycles. The van der Waals surface area contributed by atoms with Gasteiger partial charge >= 0.3 is 0 Å². The van der Waals surface area contributed by atoms with Crippen LogP contribution in [0.15, 0.2) is 36.5 Å². The number of aromatic nitrogens is 2. The van der Waals surface area contributed by atoms with Crippen LogP contribution in [-0.2, 0) is 11.2 Å². The third-order valence-electron chi connectivity index (χ3n) is 5.21. The summed E-state index contributed by atoms with van der Waals surface area (Å²) in [5, 5.41) is 4.70. The number of benzene rings is 1. The number of fused-ring (bicyclic) bond motifs is 1. The average molecular weight is 311 g/mol. The van der Waals surface area contributed by atoms with Crippen LogP contribution in [-0.4, -0.2) is 47.5 Å². The molecule has 2 aliphatic rings. The van der Waals surface area contributed by atoms with Gasteiger partial charge in [0, 0.05) is 18.8 Å². The van der Waals surface area contributed by atoms with Crippen LogP contribution in [0, 0.1) is 0 Å². The third-order valence-corrected chi connectivity index (χ3v) is 5.21. The lowest BCUT2D eigenvalue weighted by atomic mass is 9.84. The molecule has 0 N–H and O–H groups in total. The van der Waals surface area contributed by atoms with Crippen LogP contribution in [0.2, 0.25) is 0 Å². The van der Waals surface area contributed by atoms with E-state index in [-0.39, 0.29) is 0 Å². The molecule has 1 aliphatic carbocycles. The Bertz CT molecular complexity index is 631. The number of nitrogens with zero attached hydrogens (tertiary/aromatic N) is 3. The van der Waals surface area contributed by atoms with Crippen LogP contribution in [0.1, 0.15) is 36.4 Å². The van der Waals surface area contributed by atoms with Crippen molar-refractivity contribution >= 4 is 0 Å². The van der Waals surface area contributed by atoms with Crippen LogP contribution in [0.4, 0.5) is 0 Å². The molecule has 2 heterocycles. The second kappa shape index (κ2) is 6.85. The molecule has 0 radical (unpaired) electrons. The van der Waals surface area contributed by atoms with Crippen molar-refractivity contribution in [2.45, 2.75) is 31.6 Å². The van der Waals surface area contributed by atoms with E-state index in [1.807, 2.05) is 0 Å². The van der Waals surface area contributed by atoms with Gasteiger partial charge in [0.2, 0.25) is 0 Å². The number of para-hydroxylation sites is 1. The standard InChI is InChI=1S/C19H25N3O/c1-2-6-17(7-3-1)22-19-8-4-5-16(18(19)15-20-22)9-10-21-11-13-23-14-12-21/h1-3,6-7,15-16H,4-5,8-14H2/t16-/m1/s1. The molecule has 2 aromatic rings. The summed E-state index contributed by atoms with van der Waals surface area (Å²) >= 11 is 0. The highest BCUT2D eigenvalue weighted by atomic mass is 16.5. The van der Waals surface area contributed by atoms with Crippen LogP contribution in [0.5, 0.6) is 0 Å². The second-order valence-corrected chi connectivity index (χ2v) is 6.63. The fourth-order valence-electron chi connectivity index (χ4n) is 3.90. The van der Waals surface area contributed by atoms with Crippen molar-refractivity contribution in [3.05, 3.63) is 47.8 Å². The zero-order valence-corrected chi connectivity index (χ0v) is 13.7. The molecular weight excluding hydrogens is 286 g/mol. The minimum Gasteiger partial charge on any atom is -0.379 e. The number of hydrogen-bond donors (Lipinski definition) is 0. The summed E-state index contributed by atoms with van der Waals surface area (Å²) in [6.07, 6.45) is 7.09. The van der Waals surface area contributed by atoms with Gasteiger partial charge in [0.1, 0.15) is 0 Å². The fraction of sp³-hybridized carbons (Fsp3) is 0.526. The molecule has 1 atom stereocenters. The summed E-state index contributed by atoms with van der Waals surface area (Å²) in [7, 11) is 0. The smallest absolute Gasteiger partial charge is 0.0648 e. The molecule has 4 nitrogen and oxygen atoms in total. The maximum absolute atomic E-state index is 5.45. The lowest BCUT2D eigenvalue weighted by Crippen LogP contribution is -2.37. The van der Waals surface area contributed by atoms with E-state index in [1.165, 1.54) is 42.8 Å². The highest BCUT2D eigenvalue weighted by Gasteiger charge is 2.25. The Kier molecular flexibility index (Phi) is 4.44. The van der Waals surface area contributed by atoms with Crippen molar-refractivity contribution in [2.24, 2.45) is 0 Å². The Morgan fingerprint density at radius 1 is 1.13 bits per heavy atom. The molecule has 1 fully saturated rings. The summed E-state index contributed by atoms with van der Waals surface area (Å²) in [5.41, 5.74) is 4.09. The van der Waals surface area contributed by atoms with E-state index in [1.54, 1.807) is 0 Å². The summed E-state index contributed by atoms with van der Waals surface area (Å²) in [4.78, 5) is 2.54. The Hall–Kier alpha value is -1.65. The lowest BCUT2D eigenvalue weighted by molar-refractivity contribution is 0.0363. The van der Waals surface area contributed by atoms with Gasteiger partial charge in [-0.25, -0.2) is 4.68 Å². The van der Waals surface area contributed by atoms with Crippen molar-refractivity contribution in [3.8, 4) is 5.69 Å². The van der Waals surface area contributed by atoms with E-state index in [0.717, 1.165) is 32.7 Å². The molecule has 23 heavy (non-hydrogen) atoms. The van der Waals surface area contributed by atoms with Gasteiger partial charge in [0.25, 0.3) is 0 Å². The van der Waals surface area contributed by atoms with E-state index in [0.29, 0.717) is 5.92 Å². The van der Waals surface area contributed by atoms with E-state index < -0.39 is 0 Å². The zero-order valence-electron chi connectivity index (χ0n) is 13.7. The first-order valence-electron chi connectivity index (χ1n) is 8.84. The molecule has 0 bridgehead atoms. The fourth-order valence-corrected chi connectivity index (χ4v) is 3.90. The number of morpholine rings is 1. The van der Waals surface area contributed by atoms with Crippen LogP contribution >= 0.6 is 0 Å². The zero-order chi connectivity index (χ0) is 15.5. The van der Waals surface area contributed by atoms with E-state index in [4.69, 9.17) is 9.84 Å². The molecule has 4 heteroatoms. The topological polar surface area (TPSA) is 30.3 Å². The van der Waals surface area contributed by atoms with Gasteiger partial charge in [0.15, 0.2) is 0 Å². The predicted molar refractivity (Wildman–Crippen MR) is 91.1 cm³/mol. The van der Waals surface area contributed by atoms with Gasteiger partial charge in [-0.15, -0.1) is 0 Å². The molecule has 122 valence electrons. The Morgan fingerprint density at radius 2 is 1.96 bits per heavy atom. The first-order valence-corrected chi connectivity index (χ1v) is 8.84. The Balaban J connectivity index is 1.49. The molecule has 0 amide bonds. The minimum atomic E-state index is 0.666. The maximum atomic E-state index is 5.45. The SMILES string of the molecule is c1ccc(-n2ncc3c2CCC[C@@H]3CCN2CCOCC2)cc1. The highest BCUT2D eigenvalue weighted by Crippen LogP contribution is 2.35. The summed E-state index contributed by atoms with van der Waals surface area (Å²) in [6, 6.07) is 10.5. The molecule has 1 aliphatic heterocycles. The average Bonchev–Trinajstić information content (AvgIpc) is 3.06. The number of hydrogen-bond acceptors (Lipinski definition) is 3. The van der Waals surface area contributed by atoms with Crippen LogP contribution in [0.3, 0.4) is 0 Å². The highest BCUT2D eigenvalue weighted by molar-refractivity contribution is 5.37. The van der Waals surface area contributed by atoms with Gasteiger partial charge in [0.05, 0.1) is 25.1 Å². The number of ether oxygens (including phenoxy) is 1. The van der Waals surface area contributed by atoms with Crippen molar-refractivity contribution in [3.63, 3.8) is 0 Å². The van der Waals surface area contributed by atoms with Gasteiger partial charge in [-0.2, -0.15) is 5.10 Å². The first kappa shape index (κ1) is 14.9. The number of rotatable bonds is 4. The van der Waals surface area contributed by atoms with Crippen molar-refractivity contribution in [1.82, 2.24) is 14.7 Å². The molecular formula is C19H25N3O. The van der Waals surface area contributed by atoms with Crippen molar-refractivity contribution in [2.75, 3.05) is 32.8 Å². The van der Waals surface area contributed by atoms with E-state index >= 15 is 0 Å². The van der Waals surface area contributed by atoms with Gasteiger partial charge in [-0.3, -0.25) is 4.90 Å². The molecule has 0 unspecified atom stereocenters. The third kappa shape index (κ3) is 3.19. The molecule has 1 saturated heterocycles.